The van der Waals surface area contributed by atoms with Gasteiger partial charge in [-0.15, -0.1) is 0 Å². The van der Waals surface area contributed by atoms with Crippen molar-refractivity contribution >= 4 is 34.2 Å². The number of anilines is 1. The van der Waals surface area contributed by atoms with E-state index < -0.39 is 23.3 Å². The van der Waals surface area contributed by atoms with E-state index in [0.29, 0.717) is 10.4 Å². The number of hydrogen-bond acceptors (Lipinski definition) is 3. The summed E-state index contributed by atoms with van der Waals surface area (Å²) in [5, 5.41) is 3.21. The Hall–Kier alpha value is -2.80. The molecule has 0 saturated carbocycles. The second kappa shape index (κ2) is 6.25. The van der Waals surface area contributed by atoms with Crippen molar-refractivity contribution in [3.05, 3.63) is 75.1 Å². The molecule has 0 aliphatic rings. The van der Waals surface area contributed by atoms with Gasteiger partial charge in [-0.1, -0.05) is 11.6 Å². The maximum atomic E-state index is 12.5. The number of rotatable bonds is 2. The summed E-state index contributed by atoms with van der Waals surface area (Å²) >= 11 is 5.86. The standard InChI is InChI=1S/C17H9ClF3NO3/c18-11-3-6-14-9(7-11)8-13(16(24)25-14)15(23)22-12-4-1-10(2-5-12)17(19,20)21/h1-8H,(H,22,23). The third kappa shape index (κ3) is 3.66. The van der Waals surface area contributed by atoms with Crippen molar-refractivity contribution in [1.29, 1.82) is 0 Å². The number of benzene rings is 2. The number of carbonyl (C=O) groups excluding carboxylic acids is 1. The van der Waals surface area contributed by atoms with Crippen LogP contribution in [0.25, 0.3) is 11.0 Å². The molecule has 0 aliphatic carbocycles. The van der Waals surface area contributed by atoms with E-state index in [0.717, 1.165) is 24.3 Å². The van der Waals surface area contributed by atoms with Gasteiger partial charge in [-0.2, -0.15) is 13.2 Å². The fourth-order valence-corrected chi connectivity index (χ4v) is 2.37. The zero-order valence-electron chi connectivity index (χ0n) is 12.4. The summed E-state index contributed by atoms with van der Waals surface area (Å²) in [7, 11) is 0. The van der Waals surface area contributed by atoms with Crippen LogP contribution in [-0.2, 0) is 6.18 Å². The van der Waals surface area contributed by atoms with Crippen LogP contribution in [-0.4, -0.2) is 5.91 Å². The minimum absolute atomic E-state index is 0.114. The molecule has 1 N–H and O–H groups in total. The maximum Gasteiger partial charge on any atom is 0.416 e. The van der Waals surface area contributed by atoms with Crippen molar-refractivity contribution < 1.29 is 22.4 Å². The molecule has 1 aromatic heterocycles. The van der Waals surface area contributed by atoms with E-state index in [1.165, 1.54) is 24.3 Å². The van der Waals surface area contributed by atoms with Gasteiger partial charge in [0.1, 0.15) is 11.1 Å². The molecule has 128 valence electrons. The lowest BCUT2D eigenvalue weighted by atomic mass is 10.1. The fraction of sp³-hybridized carbons (Fsp3) is 0.0588. The molecule has 0 spiro atoms. The molecule has 0 bridgehead atoms. The van der Waals surface area contributed by atoms with Crippen molar-refractivity contribution in [2.24, 2.45) is 0 Å². The van der Waals surface area contributed by atoms with Gasteiger partial charge in [0.2, 0.25) is 0 Å². The Morgan fingerprint density at radius 2 is 1.72 bits per heavy atom. The normalized spacial score (nSPS) is 11.5. The van der Waals surface area contributed by atoms with Gasteiger partial charge in [-0.25, -0.2) is 4.79 Å². The van der Waals surface area contributed by atoms with Gasteiger partial charge in [0.05, 0.1) is 5.56 Å². The maximum absolute atomic E-state index is 12.5. The number of fused-ring (bicyclic) bond motifs is 1. The Labute approximate surface area is 143 Å². The van der Waals surface area contributed by atoms with Crippen LogP contribution in [0.5, 0.6) is 0 Å². The minimum atomic E-state index is -4.47. The summed E-state index contributed by atoms with van der Waals surface area (Å²) in [5.41, 5.74) is -1.61. The van der Waals surface area contributed by atoms with Gasteiger partial charge in [-0.05, 0) is 48.5 Å². The van der Waals surface area contributed by atoms with Gasteiger partial charge in [0.25, 0.3) is 5.91 Å². The quantitative estimate of drug-likeness (QED) is 0.667. The predicted molar refractivity (Wildman–Crippen MR) is 86.9 cm³/mol. The van der Waals surface area contributed by atoms with Crippen molar-refractivity contribution in [2.75, 3.05) is 5.32 Å². The number of hydrogen-bond donors (Lipinski definition) is 1. The molecule has 4 nitrogen and oxygen atoms in total. The number of amides is 1. The Morgan fingerprint density at radius 1 is 1.04 bits per heavy atom. The summed E-state index contributed by atoms with van der Waals surface area (Å²) in [4.78, 5) is 24.1. The lowest BCUT2D eigenvalue weighted by molar-refractivity contribution is -0.137. The van der Waals surface area contributed by atoms with Crippen LogP contribution >= 0.6 is 11.6 Å². The zero-order chi connectivity index (χ0) is 18.2. The van der Waals surface area contributed by atoms with Crippen LogP contribution in [0.2, 0.25) is 5.02 Å². The third-order valence-corrected chi connectivity index (χ3v) is 3.64. The van der Waals surface area contributed by atoms with E-state index in [1.807, 2.05) is 0 Å². The average Bonchev–Trinajstić information content (AvgIpc) is 2.54. The molecule has 1 heterocycles. The van der Waals surface area contributed by atoms with E-state index in [9.17, 15) is 22.8 Å². The Bertz CT molecular complexity index is 1010. The summed E-state index contributed by atoms with van der Waals surface area (Å²) < 4.78 is 42.6. The van der Waals surface area contributed by atoms with Crippen molar-refractivity contribution in [1.82, 2.24) is 0 Å². The summed E-state index contributed by atoms with van der Waals surface area (Å²) in [6, 6.07) is 9.73. The molecule has 0 fully saturated rings. The van der Waals surface area contributed by atoms with Gasteiger partial charge < -0.3 is 9.73 Å². The lowest BCUT2D eigenvalue weighted by Gasteiger charge is -2.08. The second-order valence-corrected chi connectivity index (χ2v) is 5.60. The number of halogens is 4. The molecule has 2 aromatic carbocycles. The second-order valence-electron chi connectivity index (χ2n) is 5.16. The van der Waals surface area contributed by atoms with Crippen LogP contribution in [0.15, 0.2) is 57.7 Å². The van der Waals surface area contributed by atoms with Gasteiger partial charge in [0.15, 0.2) is 0 Å². The molecule has 0 unspecified atom stereocenters. The molecule has 25 heavy (non-hydrogen) atoms. The number of nitrogens with one attached hydrogen (secondary N) is 1. The van der Waals surface area contributed by atoms with Crippen molar-refractivity contribution in [2.45, 2.75) is 6.18 Å². The monoisotopic (exact) mass is 367 g/mol. The molecule has 8 heteroatoms. The SMILES string of the molecule is O=C(Nc1ccc(C(F)(F)F)cc1)c1cc2cc(Cl)ccc2oc1=O. The third-order valence-electron chi connectivity index (χ3n) is 3.41. The molecular weight excluding hydrogens is 359 g/mol. The predicted octanol–water partition coefficient (Wildman–Crippen LogP) is 4.72. The highest BCUT2D eigenvalue weighted by Gasteiger charge is 2.30. The molecule has 0 atom stereocenters. The molecule has 1 amide bonds. The van der Waals surface area contributed by atoms with Crippen LogP contribution < -0.4 is 10.9 Å². The largest absolute Gasteiger partial charge is 0.422 e. The van der Waals surface area contributed by atoms with Crippen LogP contribution in [0, 0.1) is 0 Å². The average molecular weight is 368 g/mol. The summed E-state index contributed by atoms with van der Waals surface area (Å²) in [6.07, 6.45) is -4.47. The molecule has 3 aromatic rings. The minimum Gasteiger partial charge on any atom is -0.422 e. The fourth-order valence-electron chi connectivity index (χ4n) is 2.19. The van der Waals surface area contributed by atoms with E-state index in [2.05, 4.69) is 5.32 Å². The Balaban J connectivity index is 1.89. The van der Waals surface area contributed by atoms with Gasteiger partial charge >= 0.3 is 11.8 Å². The van der Waals surface area contributed by atoms with E-state index in [1.54, 1.807) is 0 Å². The smallest absolute Gasteiger partial charge is 0.416 e. The molecule has 0 aliphatic heterocycles. The Kier molecular flexibility index (Phi) is 4.26. The van der Waals surface area contributed by atoms with E-state index in [4.69, 9.17) is 16.0 Å². The first-order valence-corrected chi connectivity index (χ1v) is 7.34. The topological polar surface area (TPSA) is 59.3 Å². The van der Waals surface area contributed by atoms with Crippen LogP contribution in [0.1, 0.15) is 15.9 Å². The first-order chi connectivity index (χ1) is 11.7. The number of alkyl halides is 3. The van der Waals surface area contributed by atoms with Crippen molar-refractivity contribution in [3.8, 4) is 0 Å². The van der Waals surface area contributed by atoms with Crippen molar-refractivity contribution in [3.63, 3.8) is 0 Å². The van der Waals surface area contributed by atoms with Gasteiger partial charge in [-0.3, -0.25) is 4.79 Å². The molecule has 0 saturated heterocycles. The summed E-state index contributed by atoms with van der Waals surface area (Å²) in [5.74, 6) is -0.796. The number of carbonyl (C=O) groups is 1. The highest BCUT2D eigenvalue weighted by atomic mass is 35.5. The highest BCUT2D eigenvalue weighted by molar-refractivity contribution is 6.31. The first kappa shape index (κ1) is 17.0. The Morgan fingerprint density at radius 3 is 2.36 bits per heavy atom. The highest BCUT2D eigenvalue weighted by Crippen LogP contribution is 2.29. The van der Waals surface area contributed by atoms with Crippen LogP contribution in [0.4, 0.5) is 18.9 Å². The van der Waals surface area contributed by atoms with Gasteiger partial charge in [0, 0.05) is 16.1 Å². The first-order valence-electron chi connectivity index (χ1n) is 6.96. The van der Waals surface area contributed by atoms with E-state index in [-0.39, 0.29) is 16.8 Å². The zero-order valence-corrected chi connectivity index (χ0v) is 13.1. The summed E-state index contributed by atoms with van der Waals surface area (Å²) in [6.45, 7) is 0. The van der Waals surface area contributed by atoms with E-state index >= 15 is 0 Å². The lowest BCUT2D eigenvalue weighted by Crippen LogP contribution is -2.20. The van der Waals surface area contributed by atoms with Crippen LogP contribution in [0.3, 0.4) is 0 Å². The molecular formula is C17H9ClF3NO3. The molecule has 3 rings (SSSR count). The molecule has 0 radical (unpaired) electrons.